The average Bonchev–Trinajstić information content (AvgIpc) is 3.98. The molecule has 19 nitrogen and oxygen atoms in total. The first kappa shape index (κ1) is 59.0. The molecule has 0 bridgehead atoms. The second-order valence-corrected chi connectivity index (χ2v) is 18.1. The highest BCUT2D eigenvalue weighted by molar-refractivity contribution is 6.00. The van der Waals surface area contributed by atoms with Crippen LogP contribution in [0.3, 0.4) is 0 Å². The molecule has 5 aromatic carbocycles. The maximum absolute atomic E-state index is 14.2. The molecule has 0 unspecified atom stereocenters. The van der Waals surface area contributed by atoms with Crippen molar-refractivity contribution in [1.82, 2.24) is 21.0 Å². The van der Waals surface area contributed by atoms with Gasteiger partial charge in [-0.2, -0.15) is 5.06 Å². The lowest BCUT2D eigenvalue weighted by molar-refractivity contribution is -0.171. The van der Waals surface area contributed by atoms with Crippen LogP contribution in [0, 0.1) is 12.8 Å². The van der Waals surface area contributed by atoms with Crippen LogP contribution >= 0.6 is 0 Å². The highest BCUT2D eigenvalue weighted by Crippen LogP contribution is 2.30. The van der Waals surface area contributed by atoms with E-state index in [-0.39, 0.29) is 61.3 Å². The highest BCUT2D eigenvalue weighted by atomic mass is 16.7. The van der Waals surface area contributed by atoms with E-state index in [1.807, 2.05) is 19.1 Å². The van der Waals surface area contributed by atoms with Gasteiger partial charge in [0.15, 0.2) is 12.4 Å². The maximum Gasteiger partial charge on any atom is 0.363 e. The summed E-state index contributed by atoms with van der Waals surface area (Å²) in [6, 6.07) is 36.2. The van der Waals surface area contributed by atoms with Crippen molar-refractivity contribution < 1.29 is 71.3 Å². The lowest BCUT2D eigenvalue weighted by Gasteiger charge is -2.32. The summed E-state index contributed by atoms with van der Waals surface area (Å²) in [6.45, 7) is 4.20. The fourth-order valence-corrected chi connectivity index (χ4v) is 8.22. The second-order valence-electron chi connectivity index (χ2n) is 18.1. The largest absolute Gasteiger partial charge is 0.497 e. The summed E-state index contributed by atoms with van der Waals surface area (Å²) < 4.78 is 33.5. The van der Waals surface area contributed by atoms with Crippen molar-refractivity contribution >= 4 is 48.0 Å². The summed E-state index contributed by atoms with van der Waals surface area (Å²) in [5, 5.41) is 8.77. The fraction of sp³-hybridized carbons (Fsp3) is 0.300. The van der Waals surface area contributed by atoms with Gasteiger partial charge in [0.25, 0.3) is 11.8 Å². The van der Waals surface area contributed by atoms with E-state index in [0.717, 1.165) is 23.5 Å². The lowest BCUT2D eigenvalue weighted by Crippen LogP contribution is -2.49. The van der Waals surface area contributed by atoms with E-state index in [1.54, 1.807) is 105 Å². The number of ether oxygens (including phenoxy) is 5. The van der Waals surface area contributed by atoms with Crippen molar-refractivity contribution in [1.29, 1.82) is 0 Å². The van der Waals surface area contributed by atoms with E-state index in [4.69, 9.17) is 32.9 Å². The number of carbonyl (C=O) groups excluding carboxylic acids is 8. The number of nitrogens with zero attached hydrogens (tertiary/aromatic N) is 1. The van der Waals surface area contributed by atoms with Crippen molar-refractivity contribution in [2.75, 3.05) is 20.4 Å². The number of nitrogens with one attached hydrogen (secondary N) is 3. The molecule has 414 valence electrons. The van der Waals surface area contributed by atoms with Gasteiger partial charge >= 0.3 is 23.9 Å². The molecule has 1 aromatic heterocycles. The van der Waals surface area contributed by atoms with E-state index in [2.05, 4.69) is 16.0 Å². The smallest absolute Gasteiger partial charge is 0.363 e. The number of amides is 4. The van der Waals surface area contributed by atoms with Gasteiger partial charge in [0, 0.05) is 5.56 Å². The number of methoxy groups -OCH3 is 1. The van der Waals surface area contributed by atoms with Gasteiger partial charge in [-0.05, 0) is 84.5 Å². The number of hydrogen-bond acceptors (Lipinski definition) is 15. The van der Waals surface area contributed by atoms with E-state index in [0.29, 0.717) is 47.3 Å². The molecule has 0 aliphatic heterocycles. The van der Waals surface area contributed by atoms with Gasteiger partial charge in [-0.15, -0.1) is 0 Å². The van der Waals surface area contributed by atoms with E-state index in [1.165, 1.54) is 43.5 Å². The molecule has 6 aromatic rings. The third kappa shape index (κ3) is 17.9. The molecular formula is C60H64N4O15. The van der Waals surface area contributed by atoms with Crippen LogP contribution in [0.25, 0.3) is 11.3 Å². The van der Waals surface area contributed by atoms with Gasteiger partial charge in [-0.3, -0.25) is 24.0 Å². The normalized spacial score (nSPS) is 11.8. The first-order chi connectivity index (χ1) is 38.3. The van der Waals surface area contributed by atoms with Crippen LogP contribution in [0.1, 0.15) is 106 Å². The summed E-state index contributed by atoms with van der Waals surface area (Å²) in [7, 11) is 1.50. The minimum atomic E-state index is -1.52. The van der Waals surface area contributed by atoms with Crippen LogP contribution in [-0.2, 0) is 62.8 Å². The number of unbranched alkanes of at least 4 members (excludes halogenated alkanes) is 2. The number of carbonyl (C=O) groups is 8. The molecule has 0 aliphatic rings. The number of hydroxylamine groups is 2. The molecule has 0 spiro atoms. The van der Waals surface area contributed by atoms with Gasteiger partial charge in [0.2, 0.25) is 12.3 Å². The Kier molecular flexibility index (Phi) is 22.8. The van der Waals surface area contributed by atoms with Crippen LogP contribution in [-0.4, -0.2) is 85.5 Å². The molecule has 0 saturated carbocycles. The number of rotatable bonds is 30. The summed E-state index contributed by atoms with van der Waals surface area (Å²) in [4.78, 5) is 113. The second kappa shape index (κ2) is 30.5. The fourth-order valence-electron chi connectivity index (χ4n) is 8.22. The Morgan fingerprint density at radius 1 is 0.671 bits per heavy atom. The van der Waals surface area contributed by atoms with Crippen molar-refractivity contribution in [3.05, 3.63) is 179 Å². The van der Waals surface area contributed by atoms with Crippen molar-refractivity contribution in [2.45, 2.75) is 91.2 Å². The standard InChI is InChI=1S/C60H64N4O15/c1-5-7-11-24-47(50(6-2)64(39-65)79-59(71)46-28-26-45(73-4)31-40(46)3)56(68)61-38-62-58(70)52-30-29-51(78-52)44-25-27-48(53(32-44)74-37-55(67)76-35-42-20-14-9-15-21-42)57(69)63-49(60(72)77-36-43-22-16-10-17-23-43)33-54(66)75-34-41-18-12-8-13-19-41/h8-10,12-23,25-32,39,47,49-50H,5-7,11,24,33-38H2,1-4H3,(H,61,68)(H,62,70)(H,63,69)/t47-,49+,50-/m1/s1. The van der Waals surface area contributed by atoms with Gasteiger partial charge < -0.3 is 48.9 Å². The van der Waals surface area contributed by atoms with Gasteiger partial charge in [-0.1, -0.05) is 130 Å². The van der Waals surface area contributed by atoms with Crippen LogP contribution in [0.15, 0.2) is 144 Å². The van der Waals surface area contributed by atoms with Gasteiger partial charge in [0.1, 0.15) is 43.1 Å². The Bertz CT molecular complexity index is 3000. The summed E-state index contributed by atoms with van der Waals surface area (Å²) >= 11 is 0. The average molecular weight is 1080 g/mol. The summed E-state index contributed by atoms with van der Waals surface area (Å²) in [6.07, 6.45) is 2.69. The van der Waals surface area contributed by atoms with Gasteiger partial charge in [0.05, 0.1) is 43.3 Å². The first-order valence-corrected chi connectivity index (χ1v) is 25.7. The molecule has 3 atom stereocenters. The molecule has 4 amide bonds. The number of hydrogen-bond donors (Lipinski definition) is 3. The summed E-state index contributed by atoms with van der Waals surface area (Å²) in [5.41, 5.74) is 3.01. The highest BCUT2D eigenvalue weighted by Gasteiger charge is 2.34. The zero-order valence-corrected chi connectivity index (χ0v) is 44.4. The van der Waals surface area contributed by atoms with Crippen LogP contribution in [0.4, 0.5) is 0 Å². The maximum atomic E-state index is 14.2. The Morgan fingerprint density at radius 3 is 1.89 bits per heavy atom. The Morgan fingerprint density at radius 2 is 1.29 bits per heavy atom. The predicted octanol–water partition coefficient (Wildman–Crippen LogP) is 8.37. The van der Waals surface area contributed by atoms with E-state index < -0.39 is 72.6 Å². The number of furan rings is 1. The monoisotopic (exact) mass is 1080 g/mol. The van der Waals surface area contributed by atoms with E-state index >= 15 is 0 Å². The number of aryl methyl sites for hydroxylation is 1. The first-order valence-electron chi connectivity index (χ1n) is 25.7. The molecule has 0 fully saturated rings. The molecule has 0 radical (unpaired) electrons. The van der Waals surface area contributed by atoms with Crippen molar-refractivity contribution in [2.24, 2.45) is 5.92 Å². The molecule has 79 heavy (non-hydrogen) atoms. The molecule has 3 N–H and O–H groups in total. The van der Waals surface area contributed by atoms with E-state index in [9.17, 15) is 38.4 Å². The van der Waals surface area contributed by atoms with Crippen molar-refractivity contribution in [3.8, 4) is 22.8 Å². The molecule has 6 rings (SSSR count). The quantitative estimate of drug-likeness (QED) is 0.00958. The predicted molar refractivity (Wildman–Crippen MR) is 287 cm³/mol. The SMILES string of the molecule is CCCCC[C@@H](C(=O)NCNC(=O)c1ccc(-c2ccc(C(=O)N[C@@H](CC(=O)OCc3ccccc3)C(=O)OCc3ccccc3)c(OCC(=O)OCc3ccccc3)c2)o1)[C@@H](CC)N(C=O)OC(=O)c1ccc(OC)cc1C. The van der Waals surface area contributed by atoms with Crippen molar-refractivity contribution in [3.63, 3.8) is 0 Å². The zero-order chi connectivity index (χ0) is 56.5. The molecular weight excluding hydrogens is 1020 g/mol. The minimum Gasteiger partial charge on any atom is -0.497 e. The van der Waals surface area contributed by atoms with Crippen LogP contribution < -0.4 is 25.4 Å². The number of esters is 3. The minimum absolute atomic E-state index is 0.0506. The third-order valence-electron chi connectivity index (χ3n) is 12.5. The molecule has 0 aliphatic carbocycles. The Hall–Kier alpha value is -9.26. The number of benzene rings is 5. The Balaban J connectivity index is 1.16. The summed E-state index contributed by atoms with van der Waals surface area (Å²) in [5.74, 6) is -5.81. The Labute approximate surface area is 457 Å². The van der Waals surface area contributed by atoms with Gasteiger partial charge in [-0.25, -0.2) is 14.4 Å². The van der Waals surface area contributed by atoms with Crippen LogP contribution in [0.2, 0.25) is 0 Å². The lowest BCUT2D eigenvalue weighted by atomic mass is 9.90. The molecule has 0 saturated heterocycles. The molecule has 1 heterocycles. The van der Waals surface area contributed by atoms with Crippen LogP contribution in [0.5, 0.6) is 11.5 Å². The zero-order valence-electron chi connectivity index (χ0n) is 44.4. The topological polar surface area (TPSA) is 244 Å². The molecule has 19 heteroatoms. The third-order valence-corrected chi connectivity index (χ3v) is 12.5.